The van der Waals surface area contributed by atoms with Gasteiger partial charge in [0.15, 0.2) is 6.61 Å². The van der Waals surface area contributed by atoms with Gasteiger partial charge in [0, 0.05) is 19.7 Å². The van der Waals surface area contributed by atoms with E-state index in [1.54, 1.807) is 25.1 Å². The van der Waals surface area contributed by atoms with Gasteiger partial charge in [0.05, 0.1) is 17.4 Å². The fourth-order valence-electron chi connectivity index (χ4n) is 2.95. The normalized spacial score (nSPS) is 10.7. The highest BCUT2D eigenvalue weighted by Crippen LogP contribution is 2.19. The first-order valence-corrected chi connectivity index (χ1v) is 9.57. The molecular formula is C22H21N5O3. The van der Waals surface area contributed by atoms with E-state index in [1.165, 1.54) is 0 Å². The van der Waals surface area contributed by atoms with E-state index in [9.17, 15) is 4.79 Å². The number of ether oxygens (including phenoxy) is 1. The summed E-state index contributed by atoms with van der Waals surface area (Å²) in [5.41, 5.74) is 2.49. The molecule has 0 radical (unpaired) electrons. The second kappa shape index (κ2) is 9.04. The number of benzene rings is 2. The summed E-state index contributed by atoms with van der Waals surface area (Å²) in [7, 11) is 0. The minimum atomic E-state index is -0.203. The quantitative estimate of drug-likeness (QED) is 0.486. The van der Waals surface area contributed by atoms with E-state index in [0.717, 1.165) is 11.3 Å². The van der Waals surface area contributed by atoms with Crippen molar-refractivity contribution in [3.63, 3.8) is 0 Å². The van der Waals surface area contributed by atoms with Crippen LogP contribution in [0.2, 0.25) is 0 Å². The third-order valence-corrected chi connectivity index (χ3v) is 4.41. The summed E-state index contributed by atoms with van der Waals surface area (Å²) in [5.74, 6) is 1.16. The van der Waals surface area contributed by atoms with Crippen molar-refractivity contribution >= 4 is 5.91 Å². The van der Waals surface area contributed by atoms with Gasteiger partial charge >= 0.3 is 0 Å². The van der Waals surface area contributed by atoms with Crippen molar-refractivity contribution in [2.24, 2.45) is 0 Å². The SMILES string of the molecule is Cc1nc(COc2ccccc2C(=O)NCCc2cnn(-c3ccccc3)c2)no1. The Hall–Kier alpha value is -3.94. The zero-order valence-corrected chi connectivity index (χ0v) is 16.5. The third kappa shape index (κ3) is 4.72. The number of aryl methyl sites for hydroxylation is 1. The van der Waals surface area contributed by atoms with Crippen molar-refractivity contribution in [2.75, 3.05) is 6.54 Å². The standard InChI is InChI=1S/C22H21N5O3/c1-16-25-21(26-30-16)15-29-20-10-6-5-9-19(20)22(28)23-12-11-17-13-24-27(14-17)18-7-3-2-4-8-18/h2-10,13-14H,11-12,15H2,1H3,(H,23,28). The van der Waals surface area contributed by atoms with E-state index in [2.05, 4.69) is 20.6 Å². The highest BCUT2D eigenvalue weighted by atomic mass is 16.5. The molecule has 0 aliphatic rings. The van der Waals surface area contributed by atoms with E-state index < -0.39 is 0 Å². The summed E-state index contributed by atoms with van der Waals surface area (Å²) in [6.45, 7) is 2.32. The van der Waals surface area contributed by atoms with Crippen LogP contribution in [0.3, 0.4) is 0 Å². The van der Waals surface area contributed by atoms with Crippen molar-refractivity contribution in [1.29, 1.82) is 0 Å². The van der Waals surface area contributed by atoms with Crippen LogP contribution in [0.5, 0.6) is 5.75 Å². The Morgan fingerprint density at radius 2 is 1.93 bits per heavy atom. The zero-order chi connectivity index (χ0) is 20.8. The summed E-state index contributed by atoms with van der Waals surface area (Å²) < 4.78 is 12.5. The fourth-order valence-corrected chi connectivity index (χ4v) is 2.95. The second-order valence-corrected chi connectivity index (χ2v) is 6.65. The van der Waals surface area contributed by atoms with E-state index in [-0.39, 0.29) is 12.5 Å². The van der Waals surface area contributed by atoms with E-state index >= 15 is 0 Å². The molecule has 0 fully saturated rings. The first kappa shape index (κ1) is 19.4. The lowest BCUT2D eigenvalue weighted by molar-refractivity contribution is 0.0949. The molecule has 8 nitrogen and oxygen atoms in total. The van der Waals surface area contributed by atoms with Gasteiger partial charge in [-0.3, -0.25) is 4.79 Å². The molecule has 2 aromatic heterocycles. The molecule has 0 aliphatic carbocycles. The number of nitrogens with zero attached hydrogens (tertiary/aromatic N) is 4. The smallest absolute Gasteiger partial charge is 0.255 e. The van der Waals surface area contributed by atoms with Gasteiger partial charge in [-0.15, -0.1) is 0 Å². The number of nitrogens with one attached hydrogen (secondary N) is 1. The average Bonchev–Trinajstić information content (AvgIpc) is 3.42. The minimum absolute atomic E-state index is 0.125. The maximum absolute atomic E-state index is 12.6. The molecule has 0 unspecified atom stereocenters. The summed E-state index contributed by atoms with van der Waals surface area (Å²) in [6, 6.07) is 17.0. The van der Waals surface area contributed by atoms with Gasteiger partial charge < -0.3 is 14.6 Å². The Bertz CT molecular complexity index is 1120. The summed E-state index contributed by atoms with van der Waals surface area (Å²) in [4.78, 5) is 16.7. The molecule has 0 saturated carbocycles. The Morgan fingerprint density at radius 1 is 1.13 bits per heavy atom. The maximum atomic E-state index is 12.6. The first-order valence-electron chi connectivity index (χ1n) is 9.57. The van der Waals surface area contributed by atoms with Gasteiger partial charge in [0.25, 0.3) is 5.91 Å². The van der Waals surface area contributed by atoms with Crippen LogP contribution in [0.4, 0.5) is 0 Å². The molecular weight excluding hydrogens is 382 g/mol. The molecule has 0 spiro atoms. The molecule has 1 amide bonds. The molecule has 2 aromatic carbocycles. The van der Waals surface area contributed by atoms with Crippen LogP contribution < -0.4 is 10.1 Å². The zero-order valence-electron chi connectivity index (χ0n) is 16.5. The minimum Gasteiger partial charge on any atom is -0.485 e. The predicted octanol–water partition coefficient (Wildman–Crippen LogP) is 3.12. The van der Waals surface area contributed by atoms with Gasteiger partial charge in [0.1, 0.15) is 5.75 Å². The predicted molar refractivity (Wildman–Crippen MR) is 109 cm³/mol. The van der Waals surface area contributed by atoms with Crippen LogP contribution in [0.25, 0.3) is 5.69 Å². The van der Waals surface area contributed by atoms with Crippen molar-refractivity contribution in [3.05, 3.63) is 89.8 Å². The van der Waals surface area contributed by atoms with Crippen LogP contribution in [-0.4, -0.2) is 32.4 Å². The first-order chi connectivity index (χ1) is 14.7. The van der Waals surface area contributed by atoms with Crippen LogP contribution in [0.1, 0.15) is 27.6 Å². The molecule has 8 heteroatoms. The number of rotatable bonds is 8. The van der Waals surface area contributed by atoms with Gasteiger partial charge in [-0.2, -0.15) is 10.1 Å². The number of aromatic nitrogens is 4. The number of amides is 1. The summed E-state index contributed by atoms with van der Waals surface area (Å²) >= 11 is 0. The lowest BCUT2D eigenvalue weighted by Gasteiger charge is -2.10. The van der Waals surface area contributed by atoms with Gasteiger partial charge in [-0.25, -0.2) is 4.68 Å². The van der Waals surface area contributed by atoms with Crippen molar-refractivity contribution in [3.8, 4) is 11.4 Å². The van der Waals surface area contributed by atoms with Crippen molar-refractivity contribution in [1.82, 2.24) is 25.2 Å². The fraction of sp³-hybridized carbons (Fsp3) is 0.182. The molecule has 1 N–H and O–H groups in total. The Labute approximate surface area is 173 Å². The van der Waals surface area contributed by atoms with Crippen LogP contribution in [0.15, 0.2) is 71.5 Å². The van der Waals surface area contributed by atoms with E-state index in [4.69, 9.17) is 9.26 Å². The van der Waals surface area contributed by atoms with Crippen LogP contribution >= 0.6 is 0 Å². The summed E-state index contributed by atoms with van der Waals surface area (Å²) in [6.07, 6.45) is 4.44. The summed E-state index contributed by atoms with van der Waals surface area (Å²) in [5, 5.41) is 11.1. The van der Waals surface area contributed by atoms with Crippen molar-refractivity contribution < 1.29 is 14.1 Å². The molecule has 30 heavy (non-hydrogen) atoms. The van der Waals surface area contributed by atoms with E-state index in [1.807, 2.05) is 53.5 Å². The molecule has 152 valence electrons. The molecule has 0 saturated heterocycles. The largest absolute Gasteiger partial charge is 0.485 e. The lowest BCUT2D eigenvalue weighted by atomic mass is 10.2. The third-order valence-electron chi connectivity index (χ3n) is 4.41. The van der Waals surface area contributed by atoms with Gasteiger partial charge in [-0.05, 0) is 36.2 Å². The van der Waals surface area contributed by atoms with Gasteiger partial charge in [-0.1, -0.05) is 35.5 Å². The maximum Gasteiger partial charge on any atom is 0.255 e. The van der Waals surface area contributed by atoms with Crippen LogP contribution in [0, 0.1) is 6.92 Å². The van der Waals surface area contributed by atoms with E-state index in [0.29, 0.717) is 36.0 Å². The topological polar surface area (TPSA) is 95.1 Å². The molecule has 0 bridgehead atoms. The highest BCUT2D eigenvalue weighted by Gasteiger charge is 2.13. The number of carbonyl (C=O) groups is 1. The highest BCUT2D eigenvalue weighted by molar-refractivity contribution is 5.96. The Balaban J connectivity index is 1.33. The second-order valence-electron chi connectivity index (χ2n) is 6.65. The average molecular weight is 403 g/mol. The number of carbonyl (C=O) groups excluding carboxylic acids is 1. The molecule has 0 atom stereocenters. The van der Waals surface area contributed by atoms with Crippen LogP contribution in [-0.2, 0) is 13.0 Å². The Morgan fingerprint density at radius 3 is 2.73 bits per heavy atom. The molecule has 4 aromatic rings. The van der Waals surface area contributed by atoms with Gasteiger partial charge in [0.2, 0.25) is 11.7 Å². The lowest BCUT2D eigenvalue weighted by Crippen LogP contribution is -2.26. The molecule has 2 heterocycles. The number of hydrogen-bond donors (Lipinski definition) is 1. The molecule has 0 aliphatic heterocycles. The number of para-hydroxylation sites is 2. The number of hydrogen-bond acceptors (Lipinski definition) is 6. The Kier molecular flexibility index (Phi) is 5.84. The molecule has 4 rings (SSSR count). The van der Waals surface area contributed by atoms with Crippen molar-refractivity contribution in [2.45, 2.75) is 20.0 Å². The monoisotopic (exact) mass is 403 g/mol.